The van der Waals surface area contributed by atoms with Gasteiger partial charge in [0.2, 0.25) is 0 Å². The van der Waals surface area contributed by atoms with Gasteiger partial charge in [-0.05, 0) is 19.4 Å². The van der Waals surface area contributed by atoms with Crippen molar-refractivity contribution in [2.24, 2.45) is 5.73 Å². The van der Waals surface area contributed by atoms with E-state index in [9.17, 15) is 4.79 Å². The highest BCUT2D eigenvalue weighted by atomic mass is 16.5. The molecule has 0 bridgehead atoms. The van der Waals surface area contributed by atoms with Gasteiger partial charge >= 0.3 is 0 Å². The molecule has 16 heavy (non-hydrogen) atoms. The van der Waals surface area contributed by atoms with E-state index < -0.39 is 0 Å². The molecule has 0 saturated heterocycles. The van der Waals surface area contributed by atoms with Gasteiger partial charge < -0.3 is 10.5 Å². The van der Waals surface area contributed by atoms with Gasteiger partial charge in [0.05, 0.1) is 13.2 Å². The smallest absolute Gasteiger partial charge is 0.154 e. The molecule has 0 aromatic heterocycles. The second-order valence-electron chi connectivity index (χ2n) is 3.97. The van der Waals surface area contributed by atoms with Gasteiger partial charge in [-0.3, -0.25) is 4.79 Å². The molecule has 0 aliphatic carbocycles. The van der Waals surface area contributed by atoms with E-state index in [2.05, 4.69) is 0 Å². The summed E-state index contributed by atoms with van der Waals surface area (Å²) in [5, 5.41) is 0. The molecule has 88 valence electrons. The summed E-state index contributed by atoms with van der Waals surface area (Å²) < 4.78 is 5.22. The molecule has 0 aliphatic rings. The summed E-state index contributed by atoms with van der Waals surface area (Å²) in [6, 6.07) is 5.45. The minimum atomic E-state index is -0.370. The largest absolute Gasteiger partial charge is 0.496 e. The van der Waals surface area contributed by atoms with Crippen LogP contribution in [0, 0.1) is 6.92 Å². The van der Waals surface area contributed by atoms with Crippen LogP contribution in [0.1, 0.15) is 24.5 Å². The van der Waals surface area contributed by atoms with E-state index in [0.717, 1.165) is 16.9 Å². The lowest BCUT2D eigenvalue weighted by molar-refractivity contribution is -0.119. The first kappa shape index (κ1) is 12.7. The highest BCUT2D eigenvalue weighted by Crippen LogP contribution is 2.20. The maximum Gasteiger partial charge on any atom is 0.154 e. The van der Waals surface area contributed by atoms with Crippen LogP contribution in [0.2, 0.25) is 0 Å². The molecule has 0 fully saturated rings. The SMILES string of the molecule is CCC(N)C(=O)Cc1cc(C)ccc1OC. The van der Waals surface area contributed by atoms with E-state index in [4.69, 9.17) is 10.5 Å². The second-order valence-corrected chi connectivity index (χ2v) is 3.97. The van der Waals surface area contributed by atoms with E-state index in [0.29, 0.717) is 12.8 Å². The molecule has 1 aromatic rings. The Morgan fingerprint density at radius 3 is 2.75 bits per heavy atom. The summed E-state index contributed by atoms with van der Waals surface area (Å²) >= 11 is 0. The molecule has 3 nitrogen and oxygen atoms in total. The van der Waals surface area contributed by atoms with Gasteiger partial charge in [-0.2, -0.15) is 0 Å². The lowest BCUT2D eigenvalue weighted by Gasteiger charge is -2.11. The number of ketones is 1. The van der Waals surface area contributed by atoms with Crippen molar-refractivity contribution in [2.75, 3.05) is 7.11 Å². The van der Waals surface area contributed by atoms with Crippen molar-refractivity contribution in [3.05, 3.63) is 29.3 Å². The van der Waals surface area contributed by atoms with Gasteiger partial charge in [0, 0.05) is 12.0 Å². The van der Waals surface area contributed by atoms with E-state index in [1.807, 2.05) is 32.0 Å². The van der Waals surface area contributed by atoms with E-state index >= 15 is 0 Å². The molecular weight excluding hydrogens is 202 g/mol. The van der Waals surface area contributed by atoms with Gasteiger partial charge in [-0.1, -0.05) is 24.6 Å². The fraction of sp³-hybridized carbons (Fsp3) is 0.462. The fourth-order valence-corrected chi connectivity index (χ4v) is 1.59. The number of nitrogens with two attached hydrogens (primary N) is 1. The number of carbonyl (C=O) groups excluding carboxylic acids is 1. The van der Waals surface area contributed by atoms with Gasteiger partial charge in [-0.25, -0.2) is 0 Å². The first-order valence-electron chi connectivity index (χ1n) is 5.50. The second kappa shape index (κ2) is 5.66. The molecule has 1 rings (SSSR count). The van der Waals surface area contributed by atoms with Crippen LogP contribution in [0.15, 0.2) is 18.2 Å². The first-order valence-corrected chi connectivity index (χ1v) is 5.50. The standard InChI is InChI=1S/C13H19NO2/c1-4-11(14)12(15)8-10-7-9(2)5-6-13(10)16-3/h5-7,11H,4,8,14H2,1-3H3. The Balaban J connectivity index is 2.87. The predicted octanol–water partition coefficient (Wildman–Crippen LogP) is 1.85. The Bertz CT molecular complexity index is 374. The molecule has 2 N–H and O–H groups in total. The summed E-state index contributed by atoms with van der Waals surface area (Å²) in [5.41, 5.74) is 7.74. The van der Waals surface area contributed by atoms with Crippen molar-refractivity contribution in [2.45, 2.75) is 32.7 Å². The molecule has 0 spiro atoms. The summed E-state index contributed by atoms with van der Waals surface area (Å²) in [5.74, 6) is 0.814. The van der Waals surface area contributed by atoms with Crippen LogP contribution in [0.5, 0.6) is 5.75 Å². The van der Waals surface area contributed by atoms with Crippen LogP contribution in [-0.2, 0) is 11.2 Å². The van der Waals surface area contributed by atoms with Crippen LogP contribution in [0.25, 0.3) is 0 Å². The molecule has 0 saturated carbocycles. The average molecular weight is 221 g/mol. The van der Waals surface area contributed by atoms with E-state index in [1.54, 1.807) is 7.11 Å². The fourth-order valence-electron chi connectivity index (χ4n) is 1.59. The lowest BCUT2D eigenvalue weighted by atomic mass is 10.0. The Morgan fingerprint density at radius 2 is 2.19 bits per heavy atom. The zero-order valence-corrected chi connectivity index (χ0v) is 10.1. The van der Waals surface area contributed by atoms with E-state index in [-0.39, 0.29) is 11.8 Å². The van der Waals surface area contributed by atoms with Gasteiger partial charge in [-0.15, -0.1) is 0 Å². The number of ether oxygens (including phenoxy) is 1. The van der Waals surface area contributed by atoms with Gasteiger partial charge in [0.1, 0.15) is 5.75 Å². The molecule has 0 radical (unpaired) electrons. The zero-order valence-electron chi connectivity index (χ0n) is 10.1. The quantitative estimate of drug-likeness (QED) is 0.825. The molecule has 0 heterocycles. The van der Waals surface area contributed by atoms with Crippen molar-refractivity contribution in [1.29, 1.82) is 0 Å². The third kappa shape index (κ3) is 3.07. The minimum Gasteiger partial charge on any atom is -0.496 e. The number of Topliss-reactive ketones (excluding diaryl/α,β-unsaturated/α-hetero) is 1. The number of aryl methyl sites for hydroxylation is 1. The maximum absolute atomic E-state index is 11.7. The Hall–Kier alpha value is -1.35. The molecule has 1 atom stereocenters. The first-order chi connectivity index (χ1) is 7.58. The number of rotatable bonds is 5. The van der Waals surface area contributed by atoms with Crippen molar-refractivity contribution >= 4 is 5.78 Å². The lowest BCUT2D eigenvalue weighted by Crippen LogP contribution is -2.30. The van der Waals surface area contributed by atoms with Crippen LogP contribution in [-0.4, -0.2) is 18.9 Å². The average Bonchev–Trinajstić information content (AvgIpc) is 2.28. The van der Waals surface area contributed by atoms with Crippen molar-refractivity contribution in [3.8, 4) is 5.75 Å². The summed E-state index contributed by atoms with van der Waals surface area (Å²) in [7, 11) is 1.61. The highest BCUT2D eigenvalue weighted by Gasteiger charge is 2.14. The van der Waals surface area contributed by atoms with Crippen LogP contribution >= 0.6 is 0 Å². The van der Waals surface area contributed by atoms with Crippen molar-refractivity contribution in [3.63, 3.8) is 0 Å². The number of methoxy groups -OCH3 is 1. The minimum absolute atomic E-state index is 0.0615. The van der Waals surface area contributed by atoms with Crippen LogP contribution in [0.3, 0.4) is 0 Å². The highest BCUT2D eigenvalue weighted by molar-refractivity contribution is 5.86. The monoisotopic (exact) mass is 221 g/mol. The van der Waals surface area contributed by atoms with Crippen molar-refractivity contribution < 1.29 is 9.53 Å². The van der Waals surface area contributed by atoms with Crippen molar-refractivity contribution in [1.82, 2.24) is 0 Å². The number of hydrogen-bond acceptors (Lipinski definition) is 3. The predicted molar refractivity (Wildman–Crippen MR) is 64.7 cm³/mol. The Labute approximate surface area is 96.6 Å². The number of carbonyl (C=O) groups is 1. The van der Waals surface area contributed by atoms with Crippen LogP contribution in [0.4, 0.5) is 0 Å². The maximum atomic E-state index is 11.7. The summed E-state index contributed by atoms with van der Waals surface area (Å²) in [6.07, 6.45) is 1.02. The molecule has 3 heteroatoms. The third-order valence-electron chi connectivity index (χ3n) is 2.65. The molecule has 1 unspecified atom stereocenters. The number of hydrogen-bond donors (Lipinski definition) is 1. The van der Waals surface area contributed by atoms with Crippen LogP contribution < -0.4 is 10.5 Å². The molecule has 1 aromatic carbocycles. The normalized spacial score (nSPS) is 12.2. The van der Waals surface area contributed by atoms with E-state index in [1.165, 1.54) is 0 Å². The molecular formula is C13H19NO2. The summed E-state index contributed by atoms with van der Waals surface area (Å²) in [4.78, 5) is 11.7. The zero-order chi connectivity index (χ0) is 12.1. The van der Waals surface area contributed by atoms with Gasteiger partial charge in [0.15, 0.2) is 5.78 Å². The molecule has 0 amide bonds. The Kier molecular flexibility index (Phi) is 4.50. The topological polar surface area (TPSA) is 52.3 Å². The Morgan fingerprint density at radius 1 is 1.50 bits per heavy atom. The molecule has 0 aliphatic heterocycles. The third-order valence-corrected chi connectivity index (χ3v) is 2.65. The van der Waals surface area contributed by atoms with Gasteiger partial charge in [0.25, 0.3) is 0 Å². The summed E-state index contributed by atoms with van der Waals surface area (Å²) in [6.45, 7) is 3.91. The number of benzene rings is 1.